The van der Waals surface area contributed by atoms with Crippen LogP contribution in [0.15, 0.2) is 53.0 Å². The van der Waals surface area contributed by atoms with Crippen molar-refractivity contribution in [2.24, 2.45) is 5.92 Å². The molecule has 3 nitrogen and oxygen atoms in total. The van der Waals surface area contributed by atoms with E-state index in [-0.39, 0.29) is 11.8 Å². The Morgan fingerprint density at radius 3 is 2.54 bits per heavy atom. The lowest BCUT2D eigenvalue weighted by Gasteiger charge is -2.27. The number of carbonyl (C=O) groups excluding carboxylic acids is 1. The summed E-state index contributed by atoms with van der Waals surface area (Å²) in [5, 5.41) is 0. The van der Waals surface area contributed by atoms with Crippen molar-refractivity contribution in [3.63, 3.8) is 0 Å². The lowest BCUT2D eigenvalue weighted by molar-refractivity contribution is -0.122. The molecule has 0 heterocycles. The molecule has 0 N–H and O–H groups in total. The number of rotatable bonds is 5. The zero-order valence-electron chi connectivity index (χ0n) is 13.9. The average molecular weight is 388 g/mol. The Morgan fingerprint density at radius 2 is 1.88 bits per heavy atom. The standard InChI is InChI=1S/C20H22BrNO2/c1-24-17-11-12-18(21)19(13-17)22(14-15-7-3-2-4-8-15)20(23)16-9-5-6-10-16/h2-4,7-8,11-13,16H,5-6,9-10,14H2,1H3. The average Bonchev–Trinajstić information content (AvgIpc) is 3.15. The zero-order chi connectivity index (χ0) is 16.9. The maximum absolute atomic E-state index is 13.2. The van der Waals surface area contributed by atoms with E-state index in [1.54, 1.807) is 7.11 Å². The van der Waals surface area contributed by atoms with Crippen molar-refractivity contribution in [2.75, 3.05) is 12.0 Å². The predicted molar refractivity (Wildman–Crippen MR) is 100 cm³/mol. The van der Waals surface area contributed by atoms with Crippen LogP contribution < -0.4 is 9.64 Å². The van der Waals surface area contributed by atoms with Gasteiger partial charge < -0.3 is 9.64 Å². The third-order valence-corrected chi connectivity index (χ3v) is 5.27. The fourth-order valence-corrected chi connectivity index (χ4v) is 3.73. The molecular weight excluding hydrogens is 366 g/mol. The number of anilines is 1. The van der Waals surface area contributed by atoms with Gasteiger partial charge in [-0.25, -0.2) is 0 Å². The summed E-state index contributed by atoms with van der Waals surface area (Å²) in [6.07, 6.45) is 4.28. The topological polar surface area (TPSA) is 29.5 Å². The highest BCUT2D eigenvalue weighted by atomic mass is 79.9. The third kappa shape index (κ3) is 3.81. The van der Waals surface area contributed by atoms with E-state index in [4.69, 9.17) is 4.74 Å². The van der Waals surface area contributed by atoms with Gasteiger partial charge in [-0.05, 0) is 46.5 Å². The monoisotopic (exact) mass is 387 g/mol. The molecule has 0 spiro atoms. The minimum atomic E-state index is 0.131. The molecule has 24 heavy (non-hydrogen) atoms. The molecule has 0 radical (unpaired) electrons. The first kappa shape index (κ1) is 17.0. The highest BCUT2D eigenvalue weighted by molar-refractivity contribution is 9.10. The van der Waals surface area contributed by atoms with Crippen LogP contribution in [0.3, 0.4) is 0 Å². The number of ether oxygens (including phenoxy) is 1. The van der Waals surface area contributed by atoms with Crippen molar-refractivity contribution >= 4 is 27.5 Å². The summed E-state index contributed by atoms with van der Waals surface area (Å²) in [5.41, 5.74) is 1.99. The summed E-state index contributed by atoms with van der Waals surface area (Å²) >= 11 is 3.60. The largest absolute Gasteiger partial charge is 0.497 e. The lowest BCUT2D eigenvalue weighted by atomic mass is 10.1. The molecule has 1 aliphatic carbocycles. The Bertz CT molecular complexity index is 696. The van der Waals surface area contributed by atoms with Gasteiger partial charge in [0.2, 0.25) is 5.91 Å². The summed E-state index contributed by atoms with van der Waals surface area (Å²) in [6.45, 7) is 0.571. The molecule has 1 amide bonds. The van der Waals surface area contributed by atoms with E-state index in [0.29, 0.717) is 6.54 Å². The van der Waals surface area contributed by atoms with Crippen molar-refractivity contribution in [1.29, 1.82) is 0 Å². The number of benzene rings is 2. The molecule has 126 valence electrons. The van der Waals surface area contributed by atoms with E-state index >= 15 is 0 Å². The van der Waals surface area contributed by atoms with E-state index < -0.39 is 0 Å². The highest BCUT2D eigenvalue weighted by Crippen LogP contribution is 2.35. The Balaban J connectivity index is 1.96. The summed E-state index contributed by atoms with van der Waals surface area (Å²) in [5.74, 6) is 1.10. The number of methoxy groups -OCH3 is 1. The Morgan fingerprint density at radius 1 is 1.17 bits per heavy atom. The molecule has 0 aromatic heterocycles. The van der Waals surface area contributed by atoms with Gasteiger partial charge in [-0.3, -0.25) is 4.79 Å². The number of nitrogens with zero attached hydrogens (tertiary/aromatic N) is 1. The van der Waals surface area contributed by atoms with E-state index in [1.165, 1.54) is 0 Å². The summed E-state index contributed by atoms with van der Waals surface area (Å²) in [7, 11) is 1.65. The lowest BCUT2D eigenvalue weighted by Crippen LogP contribution is -2.35. The number of halogens is 1. The molecule has 0 bridgehead atoms. The Labute approximate surface area is 151 Å². The van der Waals surface area contributed by atoms with Crippen LogP contribution in [0.4, 0.5) is 5.69 Å². The minimum absolute atomic E-state index is 0.131. The second-order valence-electron chi connectivity index (χ2n) is 6.21. The first-order valence-electron chi connectivity index (χ1n) is 8.38. The van der Waals surface area contributed by atoms with E-state index in [2.05, 4.69) is 28.1 Å². The highest BCUT2D eigenvalue weighted by Gasteiger charge is 2.29. The smallest absolute Gasteiger partial charge is 0.230 e. The van der Waals surface area contributed by atoms with E-state index in [1.807, 2.05) is 41.3 Å². The SMILES string of the molecule is COc1ccc(Br)c(N(Cc2ccccc2)C(=O)C2CCCC2)c1. The molecule has 4 heteroatoms. The van der Waals surface area contributed by atoms with Crippen molar-refractivity contribution in [1.82, 2.24) is 0 Å². The maximum atomic E-state index is 13.2. The second-order valence-corrected chi connectivity index (χ2v) is 7.06. The summed E-state index contributed by atoms with van der Waals surface area (Å²) in [4.78, 5) is 15.1. The van der Waals surface area contributed by atoms with Crippen molar-refractivity contribution in [3.8, 4) is 5.75 Å². The van der Waals surface area contributed by atoms with Crippen LogP contribution in [-0.4, -0.2) is 13.0 Å². The van der Waals surface area contributed by atoms with Crippen molar-refractivity contribution in [3.05, 3.63) is 58.6 Å². The maximum Gasteiger partial charge on any atom is 0.230 e. The molecule has 0 aliphatic heterocycles. The zero-order valence-corrected chi connectivity index (χ0v) is 15.5. The van der Waals surface area contributed by atoms with Crippen LogP contribution in [0.1, 0.15) is 31.2 Å². The molecule has 0 saturated heterocycles. The molecule has 1 fully saturated rings. The molecule has 1 aliphatic rings. The van der Waals surface area contributed by atoms with E-state index in [0.717, 1.165) is 47.2 Å². The normalized spacial score (nSPS) is 14.6. The van der Waals surface area contributed by atoms with E-state index in [9.17, 15) is 4.79 Å². The fourth-order valence-electron chi connectivity index (χ4n) is 3.27. The van der Waals surface area contributed by atoms with Gasteiger partial charge in [0.25, 0.3) is 0 Å². The first-order chi connectivity index (χ1) is 11.7. The third-order valence-electron chi connectivity index (χ3n) is 4.60. The van der Waals surface area contributed by atoms with Gasteiger partial charge in [-0.2, -0.15) is 0 Å². The molecule has 2 aromatic rings. The van der Waals surface area contributed by atoms with Crippen LogP contribution >= 0.6 is 15.9 Å². The number of carbonyl (C=O) groups is 1. The molecule has 1 saturated carbocycles. The molecular formula is C20H22BrNO2. The predicted octanol–water partition coefficient (Wildman–Crippen LogP) is 5.18. The van der Waals surface area contributed by atoms with Crippen molar-refractivity contribution in [2.45, 2.75) is 32.2 Å². The minimum Gasteiger partial charge on any atom is -0.497 e. The van der Waals surface area contributed by atoms with Gasteiger partial charge in [0, 0.05) is 16.5 Å². The molecule has 2 aromatic carbocycles. The van der Waals surface area contributed by atoms with Crippen LogP contribution in [0.2, 0.25) is 0 Å². The molecule has 0 unspecified atom stereocenters. The quantitative estimate of drug-likeness (QED) is 0.706. The number of hydrogen-bond donors (Lipinski definition) is 0. The Hall–Kier alpha value is -1.81. The van der Waals surface area contributed by atoms with Crippen LogP contribution in [-0.2, 0) is 11.3 Å². The van der Waals surface area contributed by atoms with Crippen LogP contribution in [0.5, 0.6) is 5.75 Å². The van der Waals surface area contributed by atoms with Gasteiger partial charge >= 0.3 is 0 Å². The van der Waals surface area contributed by atoms with Gasteiger partial charge in [-0.15, -0.1) is 0 Å². The van der Waals surface area contributed by atoms with Gasteiger partial charge in [-0.1, -0.05) is 43.2 Å². The molecule has 0 atom stereocenters. The van der Waals surface area contributed by atoms with Gasteiger partial charge in [0.1, 0.15) is 5.75 Å². The van der Waals surface area contributed by atoms with Gasteiger partial charge in [0.15, 0.2) is 0 Å². The van der Waals surface area contributed by atoms with Crippen LogP contribution in [0.25, 0.3) is 0 Å². The second kappa shape index (κ2) is 7.84. The first-order valence-corrected chi connectivity index (χ1v) is 9.17. The number of hydrogen-bond acceptors (Lipinski definition) is 2. The number of amides is 1. The molecule has 3 rings (SSSR count). The summed E-state index contributed by atoms with van der Waals surface area (Å²) in [6, 6.07) is 15.9. The fraction of sp³-hybridized carbons (Fsp3) is 0.350. The van der Waals surface area contributed by atoms with Crippen LogP contribution in [0, 0.1) is 5.92 Å². The van der Waals surface area contributed by atoms with Crippen molar-refractivity contribution < 1.29 is 9.53 Å². The Kier molecular flexibility index (Phi) is 5.56. The summed E-state index contributed by atoms with van der Waals surface area (Å²) < 4.78 is 6.26. The van der Waals surface area contributed by atoms with Gasteiger partial charge in [0.05, 0.1) is 19.3 Å².